The lowest BCUT2D eigenvalue weighted by molar-refractivity contribution is -0.130. The Balaban J connectivity index is 1.88. The number of benzene rings is 1. The molecule has 7 nitrogen and oxygen atoms in total. The standard InChI is InChI=1S/C24H32N2O5S/c1-17(2)13-20(25-23(29)31-14-18-9-6-5-7-10-18)22(28)26-24(3,4)21(27)16-32-15-19-11-8-12-30-19/h5-12,17,20H,13-16H2,1-4H3,(H,25,29)(H,26,28)/t20-/m0/s1. The zero-order valence-electron chi connectivity index (χ0n) is 19.1. The van der Waals surface area contributed by atoms with Crippen LogP contribution in [-0.2, 0) is 26.7 Å². The maximum absolute atomic E-state index is 12.9. The summed E-state index contributed by atoms with van der Waals surface area (Å²) in [5, 5.41) is 5.43. The van der Waals surface area contributed by atoms with Gasteiger partial charge < -0.3 is 19.8 Å². The van der Waals surface area contributed by atoms with E-state index >= 15 is 0 Å². The van der Waals surface area contributed by atoms with Gasteiger partial charge in [-0.25, -0.2) is 4.79 Å². The zero-order chi connectivity index (χ0) is 23.6. The average Bonchev–Trinajstić information content (AvgIpc) is 3.25. The van der Waals surface area contributed by atoms with Gasteiger partial charge in [0.25, 0.3) is 0 Å². The lowest BCUT2D eigenvalue weighted by atomic mass is 9.97. The second-order valence-corrected chi connectivity index (χ2v) is 9.48. The van der Waals surface area contributed by atoms with E-state index in [1.165, 1.54) is 11.8 Å². The number of carbonyl (C=O) groups excluding carboxylic acids is 3. The number of carbonyl (C=O) groups is 3. The Morgan fingerprint density at radius 1 is 1.09 bits per heavy atom. The van der Waals surface area contributed by atoms with Crippen LogP contribution in [0.25, 0.3) is 0 Å². The van der Waals surface area contributed by atoms with Gasteiger partial charge in [-0.3, -0.25) is 9.59 Å². The van der Waals surface area contributed by atoms with Gasteiger partial charge in [0, 0.05) is 0 Å². The van der Waals surface area contributed by atoms with E-state index < -0.39 is 23.6 Å². The number of furan rings is 1. The van der Waals surface area contributed by atoms with Gasteiger partial charge >= 0.3 is 6.09 Å². The molecule has 2 rings (SSSR count). The predicted octanol–water partition coefficient (Wildman–Crippen LogP) is 4.32. The molecule has 0 aliphatic heterocycles. The van der Waals surface area contributed by atoms with Crippen LogP contribution in [0.2, 0.25) is 0 Å². The first-order valence-corrected chi connectivity index (χ1v) is 11.8. The molecule has 0 unspecified atom stereocenters. The molecule has 0 bridgehead atoms. The molecule has 0 saturated heterocycles. The van der Waals surface area contributed by atoms with Crippen molar-refractivity contribution in [3.63, 3.8) is 0 Å². The maximum Gasteiger partial charge on any atom is 0.408 e. The summed E-state index contributed by atoms with van der Waals surface area (Å²) in [6, 6.07) is 12.1. The summed E-state index contributed by atoms with van der Waals surface area (Å²) in [6.07, 6.45) is 1.34. The second kappa shape index (κ2) is 12.3. The van der Waals surface area contributed by atoms with Crippen LogP contribution in [0.15, 0.2) is 53.1 Å². The van der Waals surface area contributed by atoms with Gasteiger partial charge in [-0.15, -0.1) is 11.8 Å². The first-order chi connectivity index (χ1) is 15.2. The molecule has 0 radical (unpaired) electrons. The monoisotopic (exact) mass is 460 g/mol. The quantitative estimate of drug-likeness (QED) is 0.490. The van der Waals surface area contributed by atoms with Crippen molar-refractivity contribution in [2.45, 2.75) is 58.1 Å². The molecule has 1 heterocycles. The molecule has 8 heteroatoms. The van der Waals surface area contributed by atoms with Crippen molar-refractivity contribution >= 4 is 29.5 Å². The highest BCUT2D eigenvalue weighted by molar-refractivity contribution is 7.99. The highest BCUT2D eigenvalue weighted by Gasteiger charge is 2.32. The van der Waals surface area contributed by atoms with E-state index in [4.69, 9.17) is 9.15 Å². The number of alkyl carbamates (subject to hydrolysis) is 1. The molecule has 0 saturated carbocycles. The minimum absolute atomic E-state index is 0.111. The predicted molar refractivity (Wildman–Crippen MR) is 125 cm³/mol. The lowest BCUT2D eigenvalue weighted by Gasteiger charge is -2.28. The summed E-state index contributed by atoms with van der Waals surface area (Å²) in [5.41, 5.74) is -0.218. The smallest absolute Gasteiger partial charge is 0.408 e. The van der Waals surface area contributed by atoms with E-state index in [0.717, 1.165) is 11.3 Å². The normalized spacial score (nSPS) is 12.3. The number of nitrogens with one attached hydrogen (secondary N) is 2. The Kier molecular flexibility index (Phi) is 9.84. The van der Waals surface area contributed by atoms with E-state index in [9.17, 15) is 14.4 Å². The van der Waals surface area contributed by atoms with Gasteiger partial charge in [0.15, 0.2) is 5.78 Å². The van der Waals surface area contributed by atoms with Crippen LogP contribution in [0.3, 0.4) is 0 Å². The molecule has 1 aromatic carbocycles. The van der Waals surface area contributed by atoms with Crippen molar-refractivity contribution < 1.29 is 23.5 Å². The molecular formula is C24H32N2O5S. The summed E-state index contributed by atoms with van der Waals surface area (Å²) < 4.78 is 10.5. The summed E-state index contributed by atoms with van der Waals surface area (Å²) in [4.78, 5) is 37.9. The number of rotatable bonds is 12. The Bertz CT molecular complexity index is 866. The van der Waals surface area contributed by atoms with Crippen LogP contribution in [-0.4, -0.2) is 35.1 Å². The summed E-state index contributed by atoms with van der Waals surface area (Å²) in [7, 11) is 0. The molecule has 174 valence electrons. The molecule has 0 aliphatic rings. The van der Waals surface area contributed by atoms with Crippen molar-refractivity contribution in [2.75, 3.05) is 5.75 Å². The Labute approximate surface area is 193 Å². The molecule has 2 aromatic rings. The van der Waals surface area contributed by atoms with Gasteiger partial charge in [0.1, 0.15) is 18.4 Å². The number of hydrogen-bond donors (Lipinski definition) is 2. The number of ketones is 1. The van der Waals surface area contributed by atoms with Crippen molar-refractivity contribution in [3.8, 4) is 0 Å². The number of ether oxygens (including phenoxy) is 1. The van der Waals surface area contributed by atoms with E-state index in [1.54, 1.807) is 26.2 Å². The third kappa shape index (κ3) is 8.78. The van der Waals surface area contributed by atoms with Crippen LogP contribution >= 0.6 is 11.8 Å². The first-order valence-electron chi connectivity index (χ1n) is 10.6. The first kappa shape index (κ1) is 25.5. The SMILES string of the molecule is CC(C)C[C@H](NC(=O)OCc1ccccc1)C(=O)NC(C)(C)C(=O)CSCc1ccco1. The fourth-order valence-electron chi connectivity index (χ4n) is 2.89. The molecule has 2 N–H and O–H groups in total. The fraction of sp³-hybridized carbons (Fsp3) is 0.458. The van der Waals surface area contributed by atoms with Crippen molar-refractivity contribution in [3.05, 3.63) is 60.1 Å². The summed E-state index contributed by atoms with van der Waals surface area (Å²) >= 11 is 1.42. The molecule has 1 aromatic heterocycles. The number of Topliss-reactive ketones (excluding diaryl/α,β-unsaturated/α-hetero) is 1. The van der Waals surface area contributed by atoms with Crippen LogP contribution in [0.5, 0.6) is 0 Å². The fourth-order valence-corrected chi connectivity index (χ4v) is 3.91. The van der Waals surface area contributed by atoms with Crippen LogP contribution in [0, 0.1) is 5.92 Å². The lowest BCUT2D eigenvalue weighted by Crippen LogP contribution is -2.57. The van der Waals surface area contributed by atoms with E-state index in [1.807, 2.05) is 50.2 Å². The van der Waals surface area contributed by atoms with Crippen molar-refractivity contribution in [1.29, 1.82) is 0 Å². The Hall–Kier alpha value is -2.74. The molecule has 0 aliphatic carbocycles. The largest absolute Gasteiger partial charge is 0.468 e. The zero-order valence-corrected chi connectivity index (χ0v) is 19.9. The molecular weight excluding hydrogens is 428 g/mol. The highest BCUT2D eigenvalue weighted by atomic mass is 32.2. The minimum atomic E-state index is -1.07. The Morgan fingerprint density at radius 2 is 1.81 bits per heavy atom. The highest BCUT2D eigenvalue weighted by Crippen LogP contribution is 2.16. The summed E-state index contributed by atoms with van der Waals surface area (Å²) in [5.74, 6) is 1.23. The summed E-state index contributed by atoms with van der Waals surface area (Å²) in [6.45, 7) is 7.36. The average molecular weight is 461 g/mol. The van der Waals surface area contributed by atoms with Gasteiger partial charge in [0.05, 0.1) is 23.3 Å². The molecule has 32 heavy (non-hydrogen) atoms. The van der Waals surface area contributed by atoms with Crippen LogP contribution in [0.4, 0.5) is 4.79 Å². The van der Waals surface area contributed by atoms with Crippen molar-refractivity contribution in [1.82, 2.24) is 10.6 Å². The van der Waals surface area contributed by atoms with E-state index in [0.29, 0.717) is 12.2 Å². The number of amides is 2. The van der Waals surface area contributed by atoms with Gasteiger partial charge in [0.2, 0.25) is 5.91 Å². The molecule has 0 spiro atoms. The minimum Gasteiger partial charge on any atom is -0.468 e. The third-order valence-electron chi connectivity index (χ3n) is 4.72. The second-order valence-electron chi connectivity index (χ2n) is 8.50. The third-order valence-corrected chi connectivity index (χ3v) is 5.67. The Morgan fingerprint density at radius 3 is 2.44 bits per heavy atom. The van der Waals surface area contributed by atoms with Crippen LogP contribution < -0.4 is 10.6 Å². The number of thioether (sulfide) groups is 1. The van der Waals surface area contributed by atoms with E-state index in [-0.39, 0.29) is 24.1 Å². The topological polar surface area (TPSA) is 97.6 Å². The van der Waals surface area contributed by atoms with Gasteiger partial charge in [-0.1, -0.05) is 44.2 Å². The van der Waals surface area contributed by atoms with Gasteiger partial charge in [-0.2, -0.15) is 0 Å². The van der Waals surface area contributed by atoms with Crippen LogP contribution in [0.1, 0.15) is 45.4 Å². The number of hydrogen-bond acceptors (Lipinski definition) is 6. The molecule has 0 fully saturated rings. The van der Waals surface area contributed by atoms with Crippen molar-refractivity contribution in [2.24, 2.45) is 5.92 Å². The molecule has 2 amide bonds. The maximum atomic E-state index is 12.9. The van der Waals surface area contributed by atoms with E-state index in [2.05, 4.69) is 10.6 Å². The molecule has 1 atom stereocenters. The van der Waals surface area contributed by atoms with Gasteiger partial charge in [-0.05, 0) is 43.9 Å².